The molecule has 2 amide bonds. The topological polar surface area (TPSA) is 84.7 Å². The zero-order valence-electron chi connectivity index (χ0n) is 15.0. The molecule has 7 nitrogen and oxygen atoms in total. The summed E-state index contributed by atoms with van der Waals surface area (Å²) in [5, 5.41) is 2.82. The van der Waals surface area contributed by atoms with Gasteiger partial charge in [-0.15, -0.1) is 0 Å². The predicted octanol–water partition coefficient (Wildman–Crippen LogP) is 3.06. The van der Waals surface area contributed by atoms with E-state index in [-0.39, 0.29) is 18.4 Å². The molecule has 27 heavy (non-hydrogen) atoms. The zero-order valence-corrected chi connectivity index (χ0v) is 15.0. The first kappa shape index (κ1) is 18.2. The minimum Gasteiger partial charge on any atom is -0.484 e. The molecule has 1 aromatic heterocycles. The normalized spacial score (nSPS) is 10.3. The van der Waals surface area contributed by atoms with E-state index in [1.54, 1.807) is 68.8 Å². The highest BCUT2D eigenvalue weighted by Crippen LogP contribution is 2.20. The van der Waals surface area contributed by atoms with Gasteiger partial charge in [-0.05, 0) is 36.4 Å². The molecule has 3 aromatic rings. The van der Waals surface area contributed by atoms with Crippen molar-refractivity contribution in [3.8, 4) is 17.1 Å². The highest BCUT2D eigenvalue weighted by atomic mass is 16.5. The maximum atomic E-state index is 12.4. The largest absolute Gasteiger partial charge is 0.484 e. The number of likely N-dealkylation sites (N-methyl/N-ethyl adjacent to an activating group) is 1. The van der Waals surface area contributed by atoms with Gasteiger partial charge in [-0.3, -0.25) is 9.59 Å². The van der Waals surface area contributed by atoms with Gasteiger partial charge in [-0.2, -0.15) is 0 Å². The molecule has 2 aromatic carbocycles. The molecule has 0 saturated carbocycles. The Bertz CT molecular complexity index is 901. The Labute approximate surface area is 156 Å². The molecule has 0 unspecified atom stereocenters. The van der Waals surface area contributed by atoms with Crippen LogP contribution in [0.1, 0.15) is 10.4 Å². The number of ether oxygens (including phenoxy) is 1. The number of hydrogen-bond donors (Lipinski definition) is 1. The molecule has 0 saturated heterocycles. The van der Waals surface area contributed by atoms with Crippen molar-refractivity contribution >= 4 is 17.5 Å². The number of anilines is 1. The molecule has 0 radical (unpaired) electrons. The molecule has 0 spiro atoms. The second kappa shape index (κ2) is 8.18. The van der Waals surface area contributed by atoms with E-state index in [0.717, 1.165) is 5.56 Å². The second-order valence-electron chi connectivity index (χ2n) is 6.00. The molecule has 0 aliphatic rings. The highest BCUT2D eigenvalue weighted by Gasteiger charge is 2.09. The van der Waals surface area contributed by atoms with Crippen molar-refractivity contribution < 1.29 is 18.7 Å². The van der Waals surface area contributed by atoms with Crippen LogP contribution in [0.25, 0.3) is 11.3 Å². The van der Waals surface area contributed by atoms with E-state index in [1.165, 1.54) is 11.3 Å². The number of nitrogens with zero attached hydrogens (tertiary/aromatic N) is 2. The number of hydrogen-bond acceptors (Lipinski definition) is 5. The Morgan fingerprint density at radius 2 is 1.78 bits per heavy atom. The summed E-state index contributed by atoms with van der Waals surface area (Å²) >= 11 is 0. The fourth-order valence-corrected chi connectivity index (χ4v) is 2.26. The van der Waals surface area contributed by atoms with Gasteiger partial charge in [-0.1, -0.05) is 12.1 Å². The molecule has 3 rings (SSSR count). The number of aromatic nitrogens is 1. The molecule has 0 bridgehead atoms. The summed E-state index contributed by atoms with van der Waals surface area (Å²) in [5.74, 6) is 0.849. The lowest BCUT2D eigenvalue weighted by Gasteiger charge is -2.12. The molecule has 7 heteroatoms. The zero-order chi connectivity index (χ0) is 19.2. The van der Waals surface area contributed by atoms with Gasteiger partial charge in [-0.25, -0.2) is 4.98 Å². The summed E-state index contributed by atoms with van der Waals surface area (Å²) in [5.41, 5.74) is 2.00. The Morgan fingerprint density at radius 1 is 1.07 bits per heavy atom. The number of nitrogens with one attached hydrogen (secondary N) is 1. The van der Waals surface area contributed by atoms with Crippen LogP contribution >= 0.6 is 0 Å². The summed E-state index contributed by atoms with van der Waals surface area (Å²) in [6.07, 6.45) is 2.98. The van der Waals surface area contributed by atoms with Crippen LogP contribution in [0.15, 0.2) is 65.5 Å². The average Bonchev–Trinajstić information content (AvgIpc) is 3.22. The van der Waals surface area contributed by atoms with Crippen LogP contribution in [0, 0.1) is 0 Å². The molecule has 0 aliphatic heterocycles. The van der Waals surface area contributed by atoms with Gasteiger partial charge in [0.25, 0.3) is 11.8 Å². The van der Waals surface area contributed by atoms with Crippen LogP contribution in [0.5, 0.6) is 5.75 Å². The molecule has 0 aliphatic carbocycles. The van der Waals surface area contributed by atoms with Crippen molar-refractivity contribution in [3.05, 3.63) is 66.7 Å². The lowest BCUT2D eigenvalue weighted by Crippen LogP contribution is -2.27. The predicted molar refractivity (Wildman–Crippen MR) is 101 cm³/mol. The van der Waals surface area contributed by atoms with E-state index in [0.29, 0.717) is 22.8 Å². The Hall–Kier alpha value is -3.61. The average molecular weight is 365 g/mol. The second-order valence-corrected chi connectivity index (χ2v) is 6.00. The van der Waals surface area contributed by atoms with Gasteiger partial charge in [0, 0.05) is 30.9 Å². The van der Waals surface area contributed by atoms with E-state index in [1.807, 2.05) is 0 Å². The number of oxazole rings is 1. The van der Waals surface area contributed by atoms with Crippen molar-refractivity contribution in [1.82, 2.24) is 9.88 Å². The van der Waals surface area contributed by atoms with Gasteiger partial charge < -0.3 is 19.4 Å². The molecular formula is C20H19N3O4. The van der Waals surface area contributed by atoms with Crippen molar-refractivity contribution in [2.45, 2.75) is 0 Å². The van der Waals surface area contributed by atoms with E-state index in [4.69, 9.17) is 9.15 Å². The fraction of sp³-hybridized carbons (Fsp3) is 0.150. The number of carbonyl (C=O) groups is 2. The van der Waals surface area contributed by atoms with Gasteiger partial charge in [0.05, 0.1) is 6.20 Å². The third-order valence-corrected chi connectivity index (χ3v) is 3.84. The van der Waals surface area contributed by atoms with Gasteiger partial charge in [0.1, 0.15) is 5.75 Å². The van der Waals surface area contributed by atoms with Gasteiger partial charge in [0.15, 0.2) is 18.8 Å². The van der Waals surface area contributed by atoms with Gasteiger partial charge in [0.2, 0.25) is 0 Å². The number of rotatable bonds is 6. The third kappa shape index (κ3) is 4.72. The van der Waals surface area contributed by atoms with Crippen molar-refractivity contribution in [2.24, 2.45) is 0 Å². The first-order chi connectivity index (χ1) is 13.0. The van der Waals surface area contributed by atoms with Crippen LogP contribution in [-0.4, -0.2) is 42.4 Å². The van der Waals surface area contributed by atoms with E-state index >= 15 is 0 Å². The standard InChI is InChI=1S/C20H19N3O4/c1-23(2)19(24)12-26-17-9-7-16(8-10-17)22-20(25)15-5-3-14(4-6-15)18-11-21-13-27-18/h3-11,13H,12H2,1-2H3,(H,22,25). The van der Waals surface area contributed by atoms with Crippen LogP contribution in [-0.2, 0) is 4.79 Å². The van der Waals surface area contributed by atoms with Crippen molar-refractivity contribution in [3.63, 3.8) is 0 Å². The molecule has 0 fully saturated rings. The summed E-state index contributed by atoms with van der Waals surface area (Å²) in [6.45, 7) is -0.0315. The smallest absolute Gasteiger partial charge is 0.259 e. The van der Waals surface area contributed by atoms with E-state index in [2.05, 4.69) is 10.3 Å². The first-order valence-electron chi connectivity index (χ1n) is 8.26. The van der Waals surface area contributed by atoms with Gasteiger partial charge >= 0.3 is 0 Å². The lowest BCUT2D eigenvalue weighted by atomic mass is 10.1. The van der Waals surface area contributed by atoms with Crippen LogP contribution in [0.2, 0.25) is 0 Å². The summed E-state index contributed by atoms with van der Waals surface area (Å²) in [4.78, 5) is 29.2. The molecule has 138 valence electrons. The molecule has 1 heterocycles. The first-order valence-corrected chi connectivity index (χ1v) is 8.26. The minimum atomic E-state index is -0.226. The maximum absolute atomic E-state index is 12.4. The Morgan fingerprint density at radius 3 is 2.37 bits per heavy atom. The van der Waals surface area contributed by atoms with E-state index < -0.39 is 0 Å². The van der Waals surface area contributed by atoms with Crippen LogP contribution in [0.4, 0.5) is 5.69 Å². The number of amides is 2. The lowest BCUT2D eigenvalue weighted by molar-refractivity contribution is -0.130. The monoisotopic (exact) mass is 365 g/mol. The summed E-state index contributed by atoms with van der Waals surface area (Å²) in [7, 11) is 3.34. The maximum Gasteiger partial charge on any atom is 0.259 e. The number of carbonyl (C=O) groups excluding carboxylic acids is 2. The third-order valence-electron chi connectivity index (χ3n) is 3.84. The Balaban J connectivity index is 1.58. The van der Waals surface area contributed by atoms with Crippen molar-refractivity contribution in [1.29, 1.82) is 0 Å². The molecule has 0 atom stereocenters. The summed E-state index contributed by atoms with van der Waals surface area (Å²) < 4.78 is 10.6. The highest BCUT2D eigenvalue weighted by molar-refractivity contribution is 6.04. The quantitative estimate of drug-likeness (QED) is 0.726. The Kier molecular flexibility index (Phi) is 5.51. The minimum absolute atomic E-state index is 0.0315. The fourth-order valence-electron chi connectivity index (χ4n) is 2.26. The van der Waals surface area contributed by atoms with Crippen LogP contribution < -0.4 is 10.1 Å². The van der Waals surface area contributed by atoms with E-state index in [9.17, 15) is 9.59 Å². The van der Waals surface area contributed by atoms with Crippen LogP contribution in [0.3, 0.4) is 0 Å². The number of benzene rings is 2. The molecular weight excluding hydrogens is 346 g/mol. The SMILES string of the molecule is CN(C)C(=O)COc1ccc(NC(=O)c2ccc(-c3cnco3)cc2)cc1. The summed E-state index contributed by atoms with van der Waals surface area (Å²) in [6, 6.07) is 13.9. The molecule has 1 N–H and O–H groups in total. The van der Waals surface area contributed by atoms with Crippen molar-refractivity contribution in [2.75, 3.05) is 26.0 Å².